The van der Waals surface area contributed by atoms with E-state index in [2.05, 4.69) is 0 Å². The highest BCUT2D eigenvalue weighted by atomic mass is 16.5. The van der Waals surface area contributed by atoms with Crippen molar-refractivity contribution in [3.63, 3.8) is 0 Å². The predicted molar refractivity (Wildman–Crippen MR) is 171 cm³/mol. The van der Waals surface area contributed by atoms with Gasteiger partial charge in [0.2, 0.25) is 0 Å². The summed E-state index contributed by atoms with van der Waals surface area (Å²) in [5.74, 6) is 0.812. The zero-order valence-corrected chi connectivity index (χ0v) is 23.7. The largest absolute Gasteiger partial charge is 0.488 e. The van der Waals surface area contributed by atoms with Crippen molar-refractivity contribution >= 4 is 40.4 Å². The molecule has 0 aliphatic rings. The van der Waals surface area contributed by atoms with E-state index in [0.717, 1.165) is 51.5 Å². The van der Waals surface area contributed by atoms with Crippen molar-refractivity contribution in [1.82, 2.24) is 0 Å². The second kappa shape index (κ2) is 12.7. The topological polar surface area (TPSA) is 89.9 Å². The average Bonchev–Trinajstić information content (AvgIpc) is 3.08. The summed E-state index contributed by atoms with van der Waals surface area (Å²) in [7, 11) is 0. The van der Waals surface area contributed by atoms with E-state index in [1.807, 2.05) is 66.7 Å². The number of ether oxygens (including phenoxy) is 2. The van der Waals surface area contributed by atoms with Crippen LogP contribution in [0.15, 0.2) is 109 Å². The molecular weight excluding hydrogens is 552 g/mol. The Balaban J connectivity index is 1.61. The molecule has 6 nitrogen and oxygen atoms in total. The van der Waals surface area contributed by atoms with E-state index in [1.54, 1.807) is 42.5 Å². The molecule has 1 N–H and O–H groups in total. The number of hydrogen-bond donors (Lipinski definition) is 1. The third kappa shape index (κ3) is 5.59. The molecule has 6 heteroatoms. The molecule has 0 atom stereocenters. The minimum absolute atomic E-state index is 0.111. The highest BCUT2D eigenvalue weighted by Gasteiger charge is 2.24. The van der Waals surface area contributed by atoms with Gasteiger partial charge in [-0.2, -0.15) is 0 Å². The fourth-order valence-electron chi connectivity index (χ4n) is 5.58. The number of carbonyl (C=O) groups excluding carboxylic acids is 3. The van der Waals surface area contributed by atoms with Crippen LogP contribution in [0.4, 0.5) is 0 Å². The summed E-state index contributed by atoms with van der Waals surface area (Å²) in [5, 5.41) is 14.0. The zero-order valence-electron chi connectivity index (χ0n) is 23.7. The van der Waals surface area contributed by atoms with Crippen LogP contribution in [-0.4, -0.2) is 24.0 Å². The van der Waals surface area contributed by atoms with Crippen LogP contribution in [0.5, 0.6) is 11.5 Å². The monoisotopic (exact) mass is 580 g/mol. The van der Waals surface area contributed by atoms with Gasteiger partial charge in [0.1, 0.15) is 37.3 Å². The Morgan fingerprint density at radius 2 is 1.07 bits per heavy atom. The van der Waals surface area contributed by atoms with Crippen LogP contribution in [0.3, 0.4) is 0 Å². The first-order valence-corrected chi connectivity index (χ1v) is 14.1. The number of benzene rings is 6. The number of rotatable bonds is 11. The van der Waals surface area contributed by atoms with Crippen molar-refractivity contribution in [2.75, 3.05) is 0 Å². The number of hydrogen-bond acceptors (Lipinski definition) is 6. The molecule has 0 bridgehead atoms. The van der Waals surface area contributed by atoms with Gasteiger partial charge in [0.05, 0.1) is 12.2 Å². The molecular formula is C38H28O6. The van der Waals surface area contributed by atoms with Crippen LogP contribution in [0.1, 0.15) is 47.8 Å². The van der Waals surface area contributed by atoms with Crippen LogP contribution in [0.25, 0.3) is 32.7 Å². The molecule has 6 aromatic carbocycles. The van der Waals surface area contributed by atoms with Gasteiger partial charge in [-0.05, 0) is 56.9 Å². The number of aliphatic hydroxyl groups is 1. The van der Waals surface area contributed by atoms with Gasteiger partial charge in [-0.25, -0.2) is 0 Å². The van der Waals surface area contributed by atoms with Crippen LogP contribution >= 0.6 is 0 Å². The lowest BCUT2D eigenvalue weighted by molar-refractivity contribution is 0.111. The molecule has 0 unspecified atom stereocenters. The summed E-state index contributed by atoms with van der Waals surface area (Å²) in [6, 6.07) is 33.5. The van der Waals surface area contributed by atoms with Gasteiger partial charge >= 0.3 is 0 Å². The molecule has 0 radical (unpaired) electrons. The van der Waals surface area contributed by atoms with Gasteiger partial charge in [-0.15, -0.1) is 0 Å². The maximum atomic E-state index is 12.6. The fraction of sp³-hybridized carbons (Fsp3) is 0.0789. The molecule has 0 aliphatic carbocycles. The van der Waals surface area contributed by atoms with E-state index in [0.29, 0.717) is 44.9 Å². The van der Waals surface area contributed by atoms with Crippen molar-refractivity contribution in [1.29, 1.82) is 0 Å². The molecule has 216 valence electrons. The molecule has 0 aliphatic heterocycles. The molecule has 6 aromatic rings. The van der Waals surface area contributed by atoms with Gasteiger partial charge in [0.25, 0.3) is 0 Å². The minimum atomic E-state index is -0.290. The Morgan fingerprint density at radius 1 is 0.545 bits per heavy atom. The maximum absolute atomic E-state index is 12.6. The molecule has 6 rings (SSSR count). The normalized spacial score (nSPS) is 10.9. The van der Waals surface area contributed by atoms with E-state index >= 15 is 0 Å². The molecule has 0 spiro atoms. The van der Waals surface area contributed by atoms with Crippen LogP contribution < -0.4 is 9.47 Å². The average molecular weight is 581 g/mol. The van der Waals surface area contributed by atoms with E-state index in [4.69, 9.17) is 9.47 Å². The molecule has 0 aromatic heterocycles. The van der Waals surface area contributed by atoms with Crippen molar-refractivity contribution in [2.24, 2.45) is 0 Å². The highest BCUT2D eigenvalue weighted by Crippen LogP contribution is 2.48. The van der Waals surface area contributed by atoms with Crippen LogP contribution in [-0.2, 0) is 19.8 Å². The van der Waals surface area contributed by atoms with E-state index in [1.165, 1.54) is 0 Å². The predicted octanol–water partition coefficient (Wildman–Crippen LogP) is 7.75. The van der Waals surface area contributed by atoms with E-state index in [9.17, 15) is 19.5 Å². The first-order valence-electron chi connectivity index (χ1n) is 14.1. The molecule has 44 heavy (non-hydrogen) atoms. The minimum Gasteiger partial charge on any atom is -0.488 e. The lowest BCUT2D eigenvalue weighted by atomic mass is 9.89. The maximum Gasteiger partial charge on any atom is 0.153 e. The summed E-state index contributed by atoms with van der Waals surface area (Å²) in [6.45, 7) is -0.0400. The molecule has 0 fully saturated rings. The summed E-state index contributed by atoms with van der Waals surface area (Å²) in [4.78, 5) is 35.4. The van der Waals surface area contributed by atoms with Gasteiger partial charge in [-0.1, -0.05) is 84.9 Å². The highest BCUT2D eigenvalue weighted by molar-refractivity contribution is 6.12. The molecule has 0 amide bonds. The second-order valence-corrected chi connectivity index (χ2v) is 10.4. The first kappa shape index (κ1) is 28.5. The van der Waals surface area contributed by atoms with Gasteiger partial charge in [-0.3, -0.25) is 14.4 Å². The Kier molecular flexibility index (Phi) is 8.25. The van der Waals surface area contributed by atoms with Gasteiger partial charge in [0.15, 0.2) is 6.29 Å². The fourth-order valence-corrected chi connectivity index (χ4v) is 5.58. The van der Waals surface area contributed by atoms with Gasteiger partial charge < -0.3 is 14.6 Å². The zero-order chi connectivity index (χ0) is 30.5. The molecule has 0 heterocycles. The quantitative estimate of drug-likeness (QED) is 0.158. The molecule has 0 saturated heterocycles. The third-order valence-corrected chi connectivity index (χ3v) is 7.60. The number of aliphatic hydroxyl groups excluding tert-OH is 1. The summed E-state index contributed by atoms with van der Waals surface area (Å²) in [5.41, 5.74) is 4.86. The summed E-state index contributed by atoms with van der Waals surface area (Å²) < 4.78 is 13.0. The van der Waals surface area contributed by atoms with Crippen molar-refractivity contribution in [3.05, 3.63) is 143 Å². The van der Waals surface area contributed by atoms with Crippen molar-refractivity contribution < 1.29 is 29.0 Å². The van der Waals surface area contributed by atoms with Crippen LogP contribution in [0.2, 0.25) is 0 Å². The first-order chi connectivity index (χ1) is 21.6. The van der Waals surface area contributed by atoms with Crippen LogP contribution in [0, 0.1) is 0 Å². The SMILES string of the molecule is O=Cc1cccc(COc2c(C=O)cc3ccccc3c2-c2c(OCc3cccc(C=O)c3)c(CO)cc3ccccc23)c1. The standard InChI is InChI=1S/C38H28O6/c39-19-25-7-5-9-27(15-25)23-43-37-31(21-41)17-29-11-1-3-13-33(29)35(37)36-34-14-4-2-12-30(34)18-32(22-42)38(36)44-24-28-10-6-8-26(16-28)20-40/h1-21,42H,22-24H2. The number of carbonyl (C=O) groups is 3. The molecule has 0 saturated carbocycles. The van der Waals surface area contributed by atoms with Gasteiger partial charge in [0, 0.05) is 27.8 Å². The third-order valence-electron chi connectivity index (χ3n) is 7.60. The van der Waals surface area contributed by atoms with Crippen molar-refractivity contribution in [2.45, 2.75) is 19.8 Å². The summed E-state index contributed by atoms with van der Waals surface area (Å²) >= 11 is 0. The Labute approximate surface area is 254 Å². The van der Waals surface area contributed by atoms with E-state index < -0.39 is 0 Å². The number of fused-ring (bicyclic) bond motifs is 2. The second-order valence-electron chi connectivity index (χ2n) is 10.4. The summed E-state index contributed by atoms with van der Waals surface area (Å²) in [6.07, 6.45) is 2.34. The number of aldehydes is 3. The van der Waals surface area contributed by atoms with Crippen molar-refractivity contribution in [3.8, 4) is 22.6 Å². The Hall–Kier alpha value is -5.59. The Bertz CT molecular complexity index is 2030. The lowest BCUT2D eigenvalue weighted by Crippen LogP contribution is -2.05. The lowest BCUT2D eigenvalue weighted by Gasteiger charge is -2.23. The Morgan fingerprint density at radius 3 is 1.61 bits per heavy atom. The smallest absolute Gasteiger partial charge is 0.153 e. The van der Waals surface area contributed by atoms with E-state index in [-0.39, 0.29) is 19.8 Å².